The number of anilines is 1. The van der Waals surface area contributed by atoms with Gasteiger partial charge in [-0.2, -0.15) is 0 Å². The summed E-state index contributed by atoms with van der Waals surface area (Å²) in [4.78, 5) is 16.0. The maximum atomic E-state index is 12.0. The van der Waals surface area contributed by atoms with Crippen LogP contribution in [0.15, 0.2) is 47.6 Å². The zero-order valence-electron chi connectivity index (χ0n) is 10.8. The molecule has 7 heteroatoms. The molecule has 3 rings (SSSR count). The summed E-state index contributed by atoms with van der Waals surface area (Å²) in [5, 5.41) is 7.80. The highest BCUT2D eigenvalue weighted by Gasteiger charge is 2.25. The van der Waals surface area contributed by atoms with E-state index in [4.69, 9.17) is 5.14 Å². The Kier molecular flexibility index (Phi) is 3.08. The average molecular weight is 301 g/mol. The third-order valence-electron chi connectivity index (χ3n) is 3.10. The summed E-state index contributed by atoms with van der Waals surface area (Å²) in [6, 6.07) is 7.83. The van der Waals surface area contributed by atoms with Gasteiger partial charge in [0.1, 0.15) is 0 Å². The number of sulfonamides is 1. The van der Waals surface area contributed by atoms with Crippen LogP contribution in [0.1, 0.15) is 11.1 Å². The maximum absolute atomic E-state index is 12.0. The van der Waals surface area contributed by atoms with Crippen molar-refractivity contribution in [3.8, 4) is 0 Å². The van der Waals surface area contributed by atoms with Gasteiger partial charge in [0.05, 0.1) is 4.90 Å². The van der Waals surface area contributed by atoms with Crippen molar-refractivity contribution < 1.29 is 13.2 Å². The second-order valence-electron chi connectivity index (χ2n) is 4.55. The quantitative estimate of drug-likeness (QED) is 0.814. The summed E-state index contributed by atoms with van der Waals surface area (Å²) < 4.78 is 22.8. The number of hydrogen-bond donors (Lipinski definition) is 2. The molecule has 3 N–H and O–H groups in total. The van der Waals surface area contributed by atoms with Gasteiger partial charge < -0.3 is 5.32 Å². The molecule has 1 aliphatic rings. The molecule has 0 saturated heterocycles. The van der Waals surface area contributed by atoms with Crippen LogP contribution in [0.3, 0.4) is 0 Å². The molecule has 0 bridgehead atoms. The van der Waals surface area contributed by atoms with Crippen molar-refractivity contribution in [3.63, 3.8) is 0 Å². The molecule has 2 aromatic rings. The van der Waals surface area contributed by atoms with Crippen LogP contribution in [0.2, 0.25) is 0 Å². The Balaban J connectivity index is 2.15. The molecule has 1 aromatic carbocycles. The zero-order valence-corrected chi connectivity index (χ0v) is 11.6. The fourth-order valence-electron chi connectivity index (χ4n) is 2.12. The lowest BCUT2D eigenvalue weighted by molar-refractivity contribution is -0.110. The van der Waals surface area contributed by atoms with Gasteiger partial charge >= 0.3 is 0 Å². The molecule has 0 fully saturated rings. The van der Waals surface area contributed by atoms with Crippen LogP contribution in [0, 0.1) is 0 Å². The van der Waals surface area contributed by atoms with Crippen molar-refractivity contribution in [2.24, 2.45) is 5.14 Å². The second-order valence-corrected chi connectivity index (χ2v) is 6.11. The lowest BCUT2D eigenvalue weighted by atomic mass is 10.0. The number of amides is 1. The largest absolute Gasteiger partial charge is 0.321 e. The third-order valence-corrected chi connectivity index (χ3v) is 4.01. The molecule has 1 aliphatic heterocycles. The van der Waals surface area contributed by atoms with Gasteiger partial charge in [-0.05, 0) is 35.9 Å². The number of nitrogens with zero attached hydrogens (tertiary/aromatic N) is 1. The highest BCUT2D eigenvalue weighted by molar-refractivity contribution is 7.89. The van der Waals surface area contributed by atoms with Gasteiger partial charge in [-0.3, -0.25) is 9.78 Å². The molecule has 2 heterocycles. The Labute approximate surface area is 121 Å². The minimum absolute atomic E-state index is 0.0326. The standard InChI is InChI=1S/C14H11N3O3S/c15-21(19,20)10-3-4-13-11(7-10)12(14(18)17-13)6-9-2-1-5-16-8-9/h1-8H,(H,17,18)(H2,15,19,20)/b12-6+. The van der Waals surface area contributed by atoms with Crippen molar-refractivity contribution >= 4 is 33.3 Å². The molecule has 0 saturated carbocycles. The van der Waals surface area contributed by atoms with E-state index in [1.165, 1.54) is 18.2 Å². The first-order chi connectivity index (χ1) is 9.95. The molecule has 1 amide bonds. The molecule has 0 aliphatic carbocycles. The Morgan fingerprint density at radius 2 is 2.05 bits per heavy atom. The van der Waals surface area contributed by atoms with Crippen molar-refractivity contribution in [1.29, 1.82) is 0 Å². The summed E-state index contributed by atoms with van der Waals surface area (Å²) in [6.45, 7) is 0. The van der Waals surface area contributed by atoms with Crippen LogP contribution < -0.4 is 10.5 Å². The lowest BCUT2D eigenvalue weighted by Gasteiger charge is -2.02. The Bertz CT molecular complexity index is 858. The number of nitrogens with two attached hydrogens (primary N) is 1. The van der Waals surface area contributed by atoms with Gasteiger partial charge in [-0.15, -0.1) is 0 Å². The van der Waals surface area contributed by atoms with Crippen molar-refractivity contribution in [1.82, 2.24) is 4.98 Å². The first-order valence-electron chi connectivity index (χ1n) is 6.05. The summed E-state index contributed by atoms with van der Waals surface area (Å²) in [5.74, 6) is -0.291. The van der Waals surface area contributed by atoms with Gasteiger partial charge in [-0.25, -0.2) is 13.6 Å². The minimum atomic E-state index is -3.82. The van der Waals surface area contributed by atoms with Crippen molar-refractivity contribution in [3.05, 3.63) is 53.9 Å². The zero-order chi connectivity index (χ0) is 15.0. The van der Waals surface area contributed by atoms with Crippen LogP contribution in [0.25, 0.3) is 11.6 Å². The topological polar surface area (TPSA) is 102 Å². The number of aromatic nitrogens is 1. The Morgan fingerprint density at radius 3 is 2.71 bits per heavy atom. The van der Waals surface area contributed by atoms with Gasteiger partial charge in [0.25, 0.3) is 5.91 Å². The van der Waals surface area contributed by atoms with Crippen LogP contribution >= 0.6 is 0 Å². The Hall–Kier alpha value is -2.51. The number of hydrogen-bond acceptors (Lipinski definition) is 4. The summed E-state index contributed by atoms with van der Waals surface area (Å²) >= 11 is 0. The fraction of sp³-hybridized carbons (Fsp3) is 0. The highest BCUT2D eigenvalue weighted by Crippen LogP contribution is 2.34. The Morgan fingerprint density at radius 1 is 1.24 bits per heavy atom. The minimum Gasteiger partial charge on any atom is -0.321 e. The van der Waals surface area contributed by atoms with E-state index in [2.05, 4.69) is 10.3 Å². The van der Waals surface area contributed by atoms with E-state index in [-0.39, 0.29) is 10.8 Å². The van der Waals surface area contributed by atoms with Crippen LogP contribution in [-0.2, 0) is 14.8 Å². The summed E-state index contributed by atoms with van der Waals surface area (Å²) in [7, 11) is -3.82. The number of carbonyl (C=O) groups is 1. The first-order valence-corrected chi connectivity index (χ1v) is 7.60. The summed E-state index contributed by atoms with van der Waals surface area (Å²) in [5.41, 5.74) is 2.19. The van der Waals surface area contributed by atoms with Gasteiger partial charge in [-0.1, -0.05) is 6.07 Å². The van der Waals surface area contributed by atoms with E-state index in [0.29, 0.717) is 16.8 Å². The van der Waals surface area contributed by atoms with E-state index in [1.807, 2.05) is 0 Å². The molecule has 0 spiro atoms. The number of rotatable bonds is 2. The van der Waals surface area contributed by atoms with Gasteiger partial charge in [0, 0.05) is 29.2 Å². The molecular formula is C14H11N3O3S. The van der Waals surface area contributed by atoms with Crippen molar-refractivity contribution in [2.75, 3.05) is 5.32 Å². The summed E-state index contributed by atoms with van der Waals surface area (Å²) in [6.07, 6.45) is 4.90. The van der Waals surface area contributed by atoms with Crippen LogP contribution in [0.4, 0.5) is 5.69 Å². The number of nitrogens with one attached hydrogen (secondary N) is 1. The fourth-order valence-corrected chi connectivity index (χ4v) is 2.66. The number of carbonyl (C=O) groups excluding carboxylic acids is 1. The molecular weight excluding hydrogens is 290 g/mol. The second kappa shape index (κ2) is 4.80. The molecule has 0 atom stereocenters. The molecule has 21 heavy (non-hydrogen) atoms. The average Bonchev–Trinajstić information content (AvgIpc) is 2.75. The van der Waals surface area contributed by atoms with E-state index in [1.54, 1.807) is 30.6 Å². The van der Waals surface area contributed by atoms with E-state index >= 15 is 0 Å². The molecule has 0 unspecified atom stereocenters. The van der Waals surface area contributed by atoms with Crippen LogP contribution in [-0.4, -0.2) is 19.3 Å². The molecule has 0 radical (unpaired) electrons. The molecule has 106 valence electrons. The number of benzene rings is 1. The van der Waals surface area contributed by atoms with E-state index in [0.717, 1.165) is 5.56 Å². The predicted molar refractivity (Wildman–Crippen MR) is 78.6 cm³/mol. The van der Waals surface area contributed by atoms with Crippen LogP contribution in [0.5, 0.6) is 0 Å². The van der Waals surface area contributed by atoms with E-state index in [9.17, 15) is 13.2 Å². The predicted octanol–water partition coefficient (Wildman–Crippen LogP) is 1.22. The third kappa shape index (κ3) is 2.56. The number of primary sulfonamides is 1. The monoisotopic (exact) mass is 301 g/mol. The molecule has 1 aromatic heterocycles. The van der Waals surface area contributed by atoms with Gasteiger partial charge in [0.2, 0.25) is 10.0 Å². The number of pyridine rings is 1. The number of fused-ring (bicyclic) bond motifs is 1. The lowest BCUT2D eigenvalue weighted by Crippen LogP contribution is -2.12. The highest BCUT2D eigenvalue weighted by atomic mass is 32.2. The SMILES string of the molecule is NS(=O)(=O)c1ccc2c(c1)/C(=C\c1cccnc1)C(=O)N2. The van der Waals surface area contributed by atoms with Gasteiger partial charge in [0.15, 0.2) is 0 Å². The smallest absolute Gasteiger partial charge is 0.256 e. The molecule has 6 nitrogen and oxygen atoms in total. The first kappa shape index (κ1) is 13.5. The van der Waals surface area contributed by atoms with E-state index < -0.39 is 10.0 Å². The van der Waals surface area contributed by atoms with Crippen molar-refractivity contribution in [2.45, 2.75) is 4.90 Å². The normalized spacial score (nSPS) is 15.9. The maximum Gasteiger partial charge on any atom is 0.256 e.